The van der Waals surface area contributed by atoms with E-state index < -0.39 is 15.8 Å². The minimum absolute atomic E-state index is 0.0619. The first-order valence-corrected chi connectivity index (χ1v) is 6.77. The van der Waals surface area contributed by atoms with E-state index >= 15 is 0 Å². The summed E-state index contributed by atoms with van der Waals surface area (Å²) >= 11 is 1.07. The first kappa shape index (κ1) is 11.9. The molecular weight excluding hydrogens is 265 g/mol. The van der Waals surface area contributed by atoms with E-state index in [1.807, 2.05) is 0 Å². The van der Waals surface area contributed by atoms with Gasteiger partial charge in [0.1, 0.15) is 5.82 Å². The summed E-state index contributed by atoms with van der Waals surface area (Å²) in [7, 11) is -3.85. The highest BCUT2D eigenvalue weighted by atomic mass is 32.2. The number of nitrogens with zero attached hydrogens (tertiary/aromatic N) is 3. The molecule has 2 rings (SSSR count). The van der Waals surface area contributed by atoms with Crippen molar-refractivity contribution in [2.75, 3.05) is 0 Å². The second-order valence-electron chi connectivity index (χ2n) is 3.12. The molecule has 0 aliphatic carbocycles. The number of aromatic nitrogens is 2. The summed E-state index contributed by atoms with van der Waals surface area (Å²) in [6, 6.07) is 4.44. The zero-order valence-electron chi connectivity index (χ0n) is 8.66. The van der Waals surface area contributed by atoms with Gasteiger partial charge in [-0.05, 0) is 31.2 Å². The Labute approximate surface area is 101 Å². The number of rotatable bonds is 3. The molecular formula is C9H7FN3O2S2-. The molecule has 0 saturated carbocycles. The fraction of sp³-hybridized carbons (Fsp3) is 0.111. The van der Waals surface area contributed by atoms with E-state index in [1.165, 1.54) is 0 Å². The minimum atomic E-state index is -3.85. The normalized spacial score (nSPS) is 11.4. The Morgan fingerprint density at radius 3 is 2.41 bits per heavy atom. The summed E-state index contributed by atoms with van der Waals surface area (Å²) in [5.41, 5.74) is 0. The standard InChI is InChI=1S/C9H7FN3O2S2/c1-6-11-12-9(16-6)13-17(14,15)8-4-2-7(10)3-5-8/h2-5H,1H3/q-1. The number of aryl methyl sites for hydroxylation is 1. The van der Waals surface area contributed by atoms with E-state index in [4.69, 9.17) is 0 Å². The first-order valence-electron chi connectivity index (χ1n) is 4.51. The maximum absolute atomic E-state index is 12.7. The van der Waals surface area contributed by atoms with Gasteiger partial charge in [0.05, 0.1) is 9.90 Å². The first-order chi connectivity index (χ1) is 7.97. The molecule has 0 aliphatic rings. The average Bonchev–Trinajstić information content (AvgIpc) is 2.63. The molecule has 8 heteroatoms. The molecule has 0 amide bonds. The molecule has 0 fully saturated rings. The smallest absolute Gasteiger partial charge is 0.203 e. The van der Waals surface area contributed by atoms with Crippen LogP contribution in [0.2, 0.25) is 0 Å². The fourth-order valence-corrected chi connectivity index (χ4v) is 2.78. The summed E-state index contributed by atoms with van der Waals surface area (Å²) in [6.07, 6.45) is 0. The van der Waals surface area contributed by atoms with Gasteiger partial charge in [-0.3, -0.25) is 5.10 Å². The fourth-order valence-electron chi connectivity index (χ4n) is 1.09. The van der Waals surface area contributed by atoms with Crippen LogP contribution in [0.4, 0.5) is 9.52 Å². The zero-order chi connectivity index (χ0) is 12.5. The van der Waals surface area contributed by atoms with Crippen molar-refractivity contribution in [3.05, 3.63) is 39.8 Å². The van der Waals surface area contributed by atoms with E-state index in [2.05, 4.69) is 14.9 Å². The molecule has 0 spiro atoms. The number of hydrogen-bond acceptors (Lipinski definition) is 5. The van der Waals surface area contributed by atoms with E-state index in [0.29, 0.717) is 5.01 Å². The van der Waals surface area contributed by atoms with Crippen LogP contribution in [0, 0.1) is 12.7 Å². The molecule has 0 saturated heterocycles. The van der Waals surface area contributed by atoms with Gasteiger partial charge < -0.3 is 9.82 Å². The summed E-state index contributed by atoms with van der Waals surface area (Å²) < 4.78 is 39.7. The van der Waals surface area contributed by atoms with Crippen molar-refractivity contribution in [1.82, 2.24) is 10.2 Å². The van der Waals surface area contributed by atoms with Gasteiger partial charge in [0.15, 0.2) is 0 Å². The Kier molecular flexibility index (Phi) is 3.07. The summed E-state index contributed by atoms with van der Waals surface area (Å²) in [4.78, 5) is -0.0771. The van der Waals surface area contributed by atoms with Crippen molar-refractivity contribution in [3.8, 4) is 0 Å². The molecule has 90 valence electrons. The maximum atomic E-state index is 12.7. The Morgan fingerprint density at radius 1 is 1.24 bits per heavy atom. The van der Waals surface area contributed by atoms with Crippen molar-refractivity contribution in [2.24, 2.45) is 0 Å². The van der Waals surface area contributed by atoms with E-state index in [9.17, 15) is 12.8 Å². The van der Waals surface area contributed by atoms with Crippen LogP contribution >= 0.6 is 11.3 Å². The molecule has 0 bridgehead atoms. The number of halogens is 1. The van der Waals surface area contributed by atoms with Crippen LogP contribution in [-0.4, -0.2) is 18.6 Å². The second kappa shape index (κ2) is 4.38. The summed E-state index contributed by atoms with van der Waals surface area (Å²) in [5, 5.41) is 7.94. The van der Waals surface area contributed by atoms with Crippen molar-refractivity contribution in [3.63, 3.8) is 0 Å². The highest BCUT2D eigenvalue weighted by Crippen LogP contribution is 2.29. The molecule has 0 atom stereocenters. The molecule has 2 aromatic rings. The summed E-state index contributed by atoms with van der Waals surface area (Å²) in [5.74, 6) is -0.504. The van der Waals surface area contributed by atoms with Gasteiger partial charge in [0, 0.05) is 5.13 Å². The van der Waals surface area contributed by atoms with E-state index in [-0.39, 0.29) is 10.0 Å². The lowest BCUT2D eigenvalue weighted by molar-refractivity contribution is 0.601. The van der Waals surface area contributed by atoms with E-state index in [0.717, 1.165) is 35.6 Å². The third-order valence-corrected chi connectivity index (χ3v) is 3.95. The lowest BCUT2D eigenvalue weighted by Crippen LogP contribution is -1.97. The van der Waals surface area contributed by atoms with Crippen molar-refractivity contribution in [1.29, 1.82) is 0 Å². The second-order valence-corrected chi connectivity index (χ2v) is 5.89. The van der Waals surface area contributed by atoms with Crippen molar-refractivity contribution in [2.45, 2.75) is 11.8 Å². The van der Waals surface area contributed by atoms with Crippen molar-refractivity contribution >= 4 is 26.5 Å². The average molecular weight is 272 g/mol. The van der Waals surface area contributed by atoms with Gasteiger partial charge in [-0.25, -0.2) is 12.8 Å². The predicted octanol–water partition coefficient (Wildman–Crippen LogP) is 2.38. The number of benzene rings is 1. The highest BCUT2D eigenvalue weighted by molar-refractivity contribution is 7.94. The Hall–Kier alpha value is -1.54. The van der Waals surface area contributed by atoms with Gasteiger partial charge in [-0.2, -0.15) is 0 Å². The third kappa shape index (κ3) is 2.77. The van der Waals surface area contributed by atoms with E-state index in [1.54, 1.807) is 6.92 Å². The topological polar surface area (TPSA) is 74.0 Å². The van der Waals surface area contributed by atoms with Crippen LogP contribution in [-0.2, 0) is 10.0 Å². The lowest BCUT2D eigenvalue weighted by Gasteiger charge is -2.10. The van der Waals surface area contributed by atoms with Crippen LogP contribution < -0.4 is 0 Å². The van der Waals surface area contributed by atoms with Gasteiger partial charge in [-0.1, -0.05) is 0 Å². The minimum Gasteiger partial charge on any atom is -0.342 e. The maximum Gasteiger partial charge on any atom is 0.203 e. The molecule has 0 N–H and O–H groups in total. The summed E-state index contributed by atoms with van der Waals surface area (Å²) in [6.45, 7) is 1.70. The molecule has 1 aromatic carbocycles. The molecule has 0 radical (unpaired) electrons. The van der Waals surface area contributed by atoms with Crippen LogP contribution in [0.15, 0.2) is 29.2 Å². The molecule has 1 heterocycles. The predicted molar refractivity (Wildman–Crippen MR) is 61.3 cm³/mol. The van der Waals surface area contributed by atoms with Crippen molar-refractivity contribution < 1.29 is 12.8 Å². The number of sulfonamides is 1. The highest BCUT2D eigenvalue weighted by Gasteiger charge is 2.10. The van der Waals surface area contributed by atoms with Gasteiger partial charge in [0.25, 0.3) is 0 Å². The van der Waals surface area contributed by atoms with Gasteiger partial charge in [-0.15, -0.1) is 11.3 Å². The monoisotopic (exact) mass is 272 g/mol. The number of hydrogen-bond donors (Lipinski definition) is 0. The Balaban J connectivity index is 2.28. The molecule has 1 aromatic heterocycles. The van der Waals surface area contributed by atoms with Crippen LogP contribution in [0.1, 0.15) is 5.01 Å². The molecule has 5 nitrogen and oxygen atoms in total. The van der Waals surface area contributed by atoms with Gasteiger partial charge in [0.2, 0.25) is 10.0 Å². The molecule has 0 aliphatic heterocycles. The van der Waals surface area contributed by atoms with Gasteiger partial charge >= 0.3 is 0 Å². The molecule has 0 unspecified atom stereocenters. The SMILES string of the molecule is Cc1nnc([N-]S(=O)(=O)c2ccc(F)cc2)s1. The van der Waals surface area contributed by atoms with Crippen LogP contribution in [0.5, 0.6) is 0 Å². The molecule has 17 heavy (non-hydrogen) atoms. The Morgan fingerprint density at radius 2 is 1.88 bits per heavy atom. The quantitative estimate of drug-likeness (QED) is 0.859. The van der Waals surface area contributed by atoms with Crippen LogP contribution in [0.3, 0.4) is 0 Å². The zero-order valence-corrected chi connectivity index (χ0v) is 10.3. The van der Waals surface area contributed by atoms with Crippen LogP contribution in [0.25, 0.3) is 4.72 Å². The lowest BCUT2D eigenvalue weighted by atomic mass is 10.4. The third-order valence-electron chi connectivity index (χ3n) is 1.83. The Bertz CT molecular complexity index is 622. The largest absolute Gasteiger partial charge is 0.342 e.